The van der Waals surface area contributed by atoms with Crippen LogP contribution in [-0.2, 0) is 16.1 Å². The number of benzene rings is 1. The van der Waals surface area contributed by atoms with Crippen LogP contribution < -0.4 is 5.56 Å². The first-order valence-corrected chi connectivity index (χ1v) is 9.13. The number of hydrogen-bond donors (Lipinski definition) is 1. The molecule has 1 aliphatic heterocycles. The number of hydrogen-bond acceptors (Lipinski definition) is 5. The van der Waals surface area contributed by atoms with Crippen LogP contribution in [0.15, 0.2) is 35.4 Å². The maximum Gasteiger partial charge on any atom is 0.261 e. The number of para-hydroxylation sites is 1. The molecule has 2 aromatic rings. The van der Waals surface area contributed by atoms with Crippen LogP contribution in [0.3, 0.4) is 0 Å². The minimum absolute atomic E-state index is 0.0231. The standard InChI is InChI=1S/C19H23N3O4/c23-11-13-9-16-17(10-13)26-8-7-22(16)18(24)5-6-21-12-20-15-4-2-1-3-14(15)19(21)25/h1-4,12-13,16-17,23H,5-11H2/t13-,16+,17+/m1/s1. The van der Waals surface area contributed by atoms with E-state index in [0.29, 0.717) is 30.6 Å². The lowest BCUT2D eigenvalue weighted by atomic mass is 10.1. The third-order valence-electron chi connectivity index (χ3n) is 5.51. The summed E-state index contributed by atoms with van der Waals surface area (Å²) in [4.78, 5) is 31.5. The van der Waals surface area contributed by atoms with Gasteiger partial charge in [-0.2, -0.15) is 0 Å². The smallest absolute Gasteiger partial charge is 0.261 e. The molecule has 1 aromatic heterocycles. The summed E-state index contributed by atoms with van der Waals surface area (Å²) < 4.78 is 7.28. The summed E-state index contributed by atoms with van der Waals surface area (Å²) in [6, 6.07) is 7.26. The molecule has 2 heterocycles. The van der Waals surface area contributed by atoms with Crippen molar-refractivity contribution in [1.29, 1.82) is 0 Å². The molecule has 3 atom stereocenters. The van der Waals surface area contributed by atoms with Crippen LogP contribution in [0, 0.1) is 5.92 Å². The van der Waals surface area contributed by atoms with E-state index in [1.54, 1.807) is 12.1 Å². The zero-order chi connectivity index (χ0) is 18.1. The molecule has 1 aliphatic carbocycles. The molecule has 0 bridgehead atoms. The third kappa shape index (κ3) is 3.12. The van der Waals surface area contributed by atoms with Crippen molar-refractivity contribution < 1.29 is 14.6 Å². The molecule has 1 N–H and O–H groups in total. The number of rotatable bonds is 4. The van der Waals surface area contributed by atoms with E-state index in [1.165, 1.54) is 10.9 Å². The van der Waals surface area contributed by atoms with Gasteiger partial charge in [-0.15, -0.1) is 0 Å². The number of morpholine rings is 1. The Balaban J connectivity index is 1.45. The number of carbonyl (C=O) groups is 1. The lowest BCUT2D eigenvalue weighted by Crippen LogP contribution is -2.51. The molecule has 0 radical (unpaired) electrons. The fourth-order valence-electron chi connectivity index (χ4n) is 4.13. The molecule has 26 heavy (non-hydrogen) atoms. The van der Waals surface area contributed by atoms with Gasteiger partial charge in [0.05, 0.1) is 36.0 Å². The van der Waals surface area contributed by atoms with Crippen LogP contribution in [0.25, 0.3) is 10.9 Å². The van der Waals surface area contributed by atoms with Gasteiger partial charge in [-0.1, -0.05) is 12.1 Å². The Morgan fingerprint density at radius 3 is 3.00 bits per heavy atom. The van der Waals surface area contributed by atoms with E-state index in [4.69, 9.17) is 4.74 Å². The van der Waals surface area contributed by atoms with Crippen molar-refractivity contribution in [3.8, 4) is 0 Å². The first kappa shape index (κ1) is 17.2. The van der Waals surface area contributed by atoms with Gasteiger partial charge in [0.1, 0.15) is 0 Å². The van der Waals surface area contributed by atoms with Crippen molar-refractivity contribution in [2.45, 2.75) is 38.0 Å². The molecule has 2 aliphatic rings. The number of aliphatic hydroxyl groups is 1. The Hall–Kier alpha value is -2.25. The molecule has 138 valence electrons. The van der Waals surface area contributed by atoms with Gasteiger partial charge in [-0.25, -0.2) is 4.98 Å². The Morgan fingerprint density at radius 2 is 2.15 bits per heavy atom. The molecule has 1 saturated heterocycles. The van der Waals surface area contributed by atoms with Crippen molar-refractivity contribution in [3.63, 3.8) is 0 Å². The Bertz CT molecular complexity index is 865. The molecule has 2 fully saturated rings. The van der Waals surface area contributed by atoms with Crippen LogP contribution in [0.2, 0.25) is 0 Å². The summed E-state index contributed by atoms with van der Waals surface area (Å²) in [6.07, 6.45) is 3.38. The van der Waals surface area contributed by atoms with Gasteiger partial charge in [0.25, 0.3) is 5.56 Å². The average Bonchev–Trinajstić information content (AvgIpc) is 3.11. The highest BCUT2D eigenvalue weighted by atomic mass is 16.5. The second-order valence-electron chi connectivity index (χ2n) is 7.09. The van der Waals surface area contributed by atoms with E-state index < -0.39 is 0 Å². The second kappa shape index (κ2) is 7.17. The van der Waals surface area contributed by atoms with Gasteiger partial charge in [0.15, 0.2) is 0 Å². The molecule has 7 nitrogen and oxygen atoms in total. The first-order chi connectivity index (χ1) is 12.7. The molecule has 1 amide bonds. The SMILES string of the molecule is O=C(CCn1cnc2ccccc2c1=O)N1CCO[C@H]2C[C@H](CO)C[C@@H]21. The number of aromatic nitrogens is 2. The van der Waals surface area contributed by atoms with Crippen molar-refractivity contribution in [1.82, 2.24) is 14.5 Å². The summed E-state index contributed by atoms with van der Waals surface area (Å²) in [5, 5.41) is 9.97. The molecule has 1 saturated carbocycles. The van der Waals surface area contributed by atoms with E-state index in [-0.39, 0.29) is 42.6 Å². The van der Waals surface area contributed by atoms with Gasteiger partial charge in [0.2, 0.25) is 5.91 Å². The Morgan fingerprint density at radius 1 is 1.31 bits per heavy atom. The fraction of sp³-hybridized carbons (Fsp3) is 0.526. The van der Waals surface area contributed by atoms with Gasteiger partial charge >= 0.3 is 0 Å². The molecular weight excluding hydrogens is 334 g/mol. The van der Waals surface area contributed by atoms with Crippen molar-refractivity contribution >= 4 is 16.8 Å². The predicted molar refractivity (Wildman–Crippen MR) is 95.7 cm³/mol. The highest BCUT2D eigenvalue weighted by molar-refractivity contribution is 5.78. The lowest BCUT2D eigenvalue weighted by Gasteiger charge is -2.37. The van der Waals surface area contributed by atoms with Gasteiger partial charge in [-0.3, -0.25) is 14.2 Å². The second-order valence-corrected chi connectivity index (χ2v) is 7.09. The minimum Gasteiger partial charge on any atom is -0.396 e. The summed E-state index contributed by atoms with van der Waals surface area (Å²) in [6.45, 7) is 1.55. The molecule has 0 spiro atoms. The fourth-order valence-corrected chi connectivity index (χ4v) is 4.13. The normalized spacial score (nSPS) is 25.4. The number of fused-ring (bicyclic) bond motifs is 2. The number of nitrogens with zero attached hydrogens (tertiary/aromatic N) is 3. The number of aryl methyl sites for hydroxylation is 1. The number of carbonyl (C=O) groups excluding carboxylic acids is 1. The van der Waals surface area contributed by atoms with Crippen LogP contribution in [-0.4, -0.2) is 57.4 Å². The Kier molecular flexibility index (Phi) is 4.74. The predicted octanol–water partition coefficient (Wildman–Crippen LogP) is 0.785. The number of ether oxygens (including phenoxy) is 1. The molecular formula is C19H23N3O4. The molecule has 0 unspecified atom stereocenters. The van der Waals surface area contributed by atoms with E-state index >= 15 is 0 Å². The zero-order valence-corrected chi connectivity index (χ0v) is 14.6. The quantitative estimate of drug-likeness (QED) is 0.874. The van der Waals surface area contributed by atoms with Crippen molar-refractivity contribution in [3.05, 3.63) is 40.9 Å². The average molecular weight is 357 g/mol. The summed E-state index contributed by atoms with van der Waals surface area (Å²) in [7, 11) is 0. The maximum absolute atomic E-state index is 12.8. The third-order valence-corrected chi connectivity index (χ3v) is 5.51. The lowest BCUT2D eigenvalue weighted by molar-refractivity contribution is -0.144. The van der Waals surface area contributed by atoms with E-state index in [2.05, 4.69) is 4.98 Å². The zero-order valence-electron chi connectivity index (χ0n) is 14.6. The van der Waals surface area contributed by atoms with Crippen LogP contribution in [0.4, 0.5) is 0 Å². The van der Waals surface area contributed by atoms with Crippen molar-refractivity contribution in [2.24, 2.45) is 5.92 Å². The Labute approximate surface area is 151 Å². The number of aliphatic hydroxyl groups excluding tert-OH is 1. The van der Waals surface area contributed by atoms with Gasteiger partial charge in [-0.05, 0) is 30.9 Å². The highest BCUT2D eigenvalue weighted by Gasteiger charge is 2.42. The van der Waals surface area contributed by atoms with Crippen LogP contribution in [0.1, 0.15) is 19.3 Å². The van der Waals surface area contributed by atoms with Gasteiger partial charge in [0, 0.05) is 26.1 Å². The van der Waals surface area contributed by atoms with Gasteiger partial charge < -0.3 is 14.7 Å². The van der Waals surface area contributed by atoms with E-state index in [9.17, 15) is 14.7 Å². The highest BCUT2D eigenvalue weighted by Crippen LogP contribution is 2.34. The molecule has 7 heteroatoms. The first-order valence-electron chi connectivity index (χ1n) is 9.13. The van der Waals surface area contributed by atoms with Crippen LogP contribution >= 0.6 is 0 Å². The monoisotopic (exact) mass is 357 g/mol. The van der Waals surface area contributed by atoms with E-state index in [1.807, 2.05) is 17.0 Å². The summed E-state index contributed by atoms with van der Waals surface area (Å²) in [5.74, 6) is 0.229. The summed E-state index contributed by atoms with van der Waals surface area (Å²) >= 11 is 0. The minimum atomic E-state index is -0.121. The molecule has 4 rings (SSSR count). The maximum atomic E-state index is 12.8. The largest absolute Gasteiger partial charge is 0.396 e. The molecule has 1 aromatic carbocycles. The topological polar surface area (TPSA) is 84.7 Å². The van der Waals surface area contributed by atoms with E-state index in [0.717, 1.165) is 12.8 Å². The number of amides is 1. The summed E-state index contributed by atoms with van der Waals surface area (Å²) in [5.41, 5.74) is 0.543. The van der Waals surface area contributed by atoms with Crippen LogP contribution in [0.5, 0.6) is 0 Å². The van der Waals surface area contributed by atoms with Crippen molar-refractivity contribution in [2.75, 3.05) is 19.8 Å².